The summed E-state index contributed by atoms with van der Waals surface area (Å²) in [6.07, 6.45) is -0.729. The predicted molar refractivity (Wildman–Crippen MR) is 114 cm³/mol. The van der Waals surface area contributed by atoms with Crippen LogP contribution in [-0.2, 0) is 25.3 Å². The van der Waals surface area contributed by atoms with Crippen LogP contribution in [0.2, 0.25) is 0 Å². The largest absolute Gasteiger partial charge is 0.466 e. The molecular weight excluding hydrogens is 431 g/mol. The van der Waals surface area contributed by atoms with Crippen molar-refractivity contribution in [2.24, 2.45) is 0 Å². The van der Waals surface area contributed by atoms with Gasteiger partial charge in [0.05, 0.1) is 12.6 Å². The third-order valence-corrected chi connectivity index (χ3v) is 7.59. The molecular formula is C19H27N2O7PS. The molecule has 1 aliphatic rings. The predicted octanol–water partition coefficient (Wildman–Crippen LogP) is 2.72. The Labute approximate surface area is 179 Å². The Morgan fingerprint density at radius 3 is 2.70 bits per heavy atom. The van der Waals surface area contributed by atoms with Crippen molar-refractivity contribution in [3.8, 4) is 0 Å². The van der Waals surface area contributed by atoms with E-state index in [0.717, 1.165) is 17.3 Å². The molecule has 2 amide bonds. The number of thioether (sulfide) groups is 1. The summed E-state index contributed by atoms with van der Waals surface area (Å²) >= 11 is 1.10. The molecule has 3 N–H and O–H groups in total. The van der Waals surface area contributed by atoms with Gasteiger partial charge in [0.15, 0.2) is 0 Å². The number of nitrogens with one attached hydrogen (secondary N) is 2. The Bertz CT molecular complexity index is 777. The molecule has 1 heterocycles. The fourth-order valence-corrected chi connectivity index (χ4v) is 5.33. The molecule has 1 fully saturated rings. The zero-order valence-corrected chi connectivity index (χ0v) is 18.5. The molecule has 1 saturated heterocycles. The van der Waals surface area contributed by atoms with E-state index in [1.807, 2.05) is 30.3 Å². The lowest BCUT2D eigenvalue weighted by Gasteiger charge is -2.24. The lowest BCUT2D eigenvalue weighted by atomic mass is 10.2. The lowest BCUT2D eigenvalue weighted by Crippen LogP contribution is -2.39. The number of aryl methyl sites for hydroxylation is 1. The second-order valence-electron chi connectivity index (χ2n) is 6.76. The van der Waals surface area contributed by atoms with Crippen molar-refractivity contribution < 1.29 is 33.3 Å². The Morgan fingerprint density at radius 2 is 2.07 bits per heavy atom. The summed E-state index contributed by atoms with van der Waals surface area (Å²) in [6, 6.07) is 8.93. The summed E-state index contributed by atoms with van der Waals surface area (Å²) in [4.78, 5) is 45.7. The molecule has 11 heteroatoms. The summed E-state index contributed by atoms with van der Waals surface area (Å²) in [6.45, 7) is 1.83. The molecule has 1 aliphatic heterocycles. The van der Waals surface area contributed by atoms with Crippen LogP contribution >= 0.6 is 19.1 Å². The third kappa shape index (κ3) is 8.38. The monoisotopic (exact) mass is 458 g/mol. The molecule has 0 spiro atoms. The number of alkyl carbamates (subject to hydrolysis) is 1. The van der Waals surface area contributed by atoms with Crippen molar-refractivity contribution in [3.05, 3.63) is 35.9 Å². The van der Waals surface area contributed by atoms with E-state index in [4.69, 9.17) is 9.47 Å². The van der Waals surface area contributed by atoms with Gasteiger partial charge < -0.3 is 25.0 Å². The van der Waals surface area contributed by atoms with Crippen LogP contribution in [0.3, 0.4) is 0 Å². The highest BCUT2D eigenvalue weighted by molar-refractivity contribution is 8.13. The van der Waals surface area contributed by atoms with E-state index in [0.29, 0.717) is 12.2 Å². The van der Waals surface area contributed by atoms with Gasteiger partial charge in [0, 0.05) is 18.3 Å². The summed E-state index contributed by atoms with van der Waals surface area (Å²) in [7, 11) is -3.85. The molecule has 0 bridgehead atoms. The van der Waals surface area contributed by atoms with Crippen molar-refractivity contribution in [2.45, 2.75) is 38.0 Å². The van der Waals surface area contributed by atoms with Gasteiger partial charge in [0.2, 0.25) is 7.37 Å². The van der Waals surface area contributed by atoms with Crippen LogP contribution in [0.15, 0.2) is 30.3 Å². The first-order valence-corrected chi connectivity index (χ1v) is 12.6. The quantitative estimate of drug-likeness (QED) is 0.341. The second kappa shape index (κ2) is 12.0. The Morgan fingerprint density at radius 1 is 1.33 bits per heavy atom. The molecule has 30 heavy (non-hydrogen) atoms. The highest BCUT2D eigenvalue weighted by atomic mass is 32.2. The zero-order valence-electron chi connectivity index (χ0n) is 16.7. The second-order valence-corrected chi connectivity index (χ2v) is 10.3. The van der Waals surface area contributed by atoms with Crippen LogP contribution in [-0.4, -0.2) is 59.1 Å². The minimum absolute atomic E-state index is 0.0467. The van der Waals surface area contributed by atoms with E-state index >= 15 is 0 Å². The topological polar surface area (TPSA) is 131 Å². The van der Waals surface area contributed by atoms with Crippen molar-refractivity contribution in [2.75, 3.05) is 25.1 Å². The number of hydrogen-bond acceptors (Lipinski definition) is 7. The fraction of sp³-hybridized carbons (Fsp3) is 0.526. The van der Waals surface area contributed by atoms with E-state index < -0.39 is 25.2 Å². The van der Waals surface area contributed by atoms with Crippen LogP contribution in [0.5, 0.6) is 0 Å². The van der Waals surface area contributed by atoms with Crippen molar-refractivity contribution in [1.29, 1.82) is 0 Å². The van der Waals surface area contributed by atoms with Crippen LogP contribution in [0, 0.1) is 0 Å². The Hall–Kier alpha value is -2.03. The van der Waals surface area contributed by atoms with Gasteiger partial charge in [-0.3, -0.25) is 14.2 Å². The molecule has 0 radical (unpaired) electrons. The molecule has 0 saturated carbocycles. The Kier molecular flexibility index (Phi) is 9.68. The van der Waals surface area contributed by atoms with E-state index in [1.165, 1.54) is 0 Å². The molecule has 2 unspecified atom stereocenters. The lowest BCUT2D eigenvalue weighted by molar-refractivity contribution is -0.143. The average Bonchev–Trinajstić information content (AvgIpc) is 3.14. The van der Waals surface area contributed by atoms with Crippen molar-refractivity contribution >= 4 is 36.4 Å². The van der Waals surface area contributed by atoms with Crippen LogP contribution in [0.4, 0.5) is 9.59 Å². The summed E-state index contributed by atoms with van der Waals surface area (Å²) in [5.74, 6) is -1.18. The fourth-order valence-electron chi connectivity index (χ4n) is 2.82. The zero-order chi connectivity index (χ0) is 22.0. The minimum Gasteiger partial charge on any atom is -0.466 e. The maximum Gasteiger partial charge on any atom is 0.407 e. The van der Waals surface area contributed by atoms with Crippen LogP contribution in [0.25, 0.3) is 0 Å². The minimum atomic E-state index is -3.85. The van der Waals surface area contributed by atoms with Gasteiger partial charge in [-0.25, -0.2) is 4.79 Å². The number of amides is 2. The van der Waals surface area contributed by atoms with E-state index in [1.54, 1.807) is 6.92 Å². The number of carbonyl (C=O) groups is 3. The van der Waals surface area contributed by atoms with Gasteiger partial charge >= 0.3 is 12.1 Å². The summed E-state index contributed by atoms with van der Waals surface area (Å²) in [5, 5.41) is 4.88. The normalized spacial score (nSPS) is 18.7. The third-order valence-electron chi connectivity index (χ3n) is 4.42. The van der Waals surface area contributed by atoms with Crippen LogP contribution in [0.1, 0.15) is 25.3 Å². The van der Waals surface area contributed by atoms with Gasteiger partial charge in [-0.1, -0.05) is 42.1 Å². The van der Waals surface area contributed by atoms with E-state index in [-0.39, 0.29) is 43.5 Å². The molecule has 0 aliphatic carbocycles. The maximum atomic E-state index is 13.0. The molecule has 166 valence electrons. The molecule has 2 rings (SSSR count). The first-order valence-electron chi connectivity index (χ1n) is 9.67. The molecule has 9 nitrogen and oxygen atoms in total. The highest BCUT2D eigenvalue weighted by Gasteiger charge is 2.33. The van der Waals surface area contributed by atoms with Gasteiger partial charge in [-0.2, -0.15) is 0 Å². The van der Waals surface area contributed by atoms with Gasteiger partial charge in [0.1, 0.15) is 12.4 Å². The standard InChI is InChI=1S/C19H27N2O7PS/c1-2-27-17(22)9-8-16(21-18(23)28-12-15-13-30-19(24)20-15)29(25,26)11-10-14-6-4-3-5-7-14/h3-7,15-16H,2,8-13H2,1H3,(H,20,24)(H,21,23)(H,25,26)/t15-,16?/m1/s1. The SMILES string of the molecule is CCOC(=O)CCC(NC(=O)OC[C@@H]1CSC(=O)N1)P(=O)(O)CCc1ccccc1. The first-order chi connectivity index (χ1) is 14.3. The van der Waals surface area contributed by atoms with E-state index in [9.17, 15) is 23.8 Å². The van der Waals surface area contributed by atoms with Gasteiger partial charge in [0.25, 0.3) is 5.24 Å². The molecule has 3 atom stereocenters. The van der Waals surface area contributed by atoms with Gasteiger partial charge in [-0.05, 0) is 25.3 Å². The number of esters is 1. The maximum absolute atomic E-state index is 13.0. The highest BCUT2D eigenvalue weighted by Crippen LogP contribution is 2.47. The van der Waals surface area contributed by atoms with E-state index in [2.05, 4.69) is 10.6 Å². The number of carbonyl (C=O) groups excluding carboxylic acids is 3. The average molecular weight is 458 g/mol. The van der Waals surface area contributed by atoms with Crippen LogP contribution < -0.4 is 10.6 Å². The first kappa shape index (κ1) is 24.2. The van der Waals surface area contributed by atoms with Gasteiger partial charge in [-0.15, -0.1) is 0 Å². The molecule has 1 aromatic rings. The number of benzene rings is 1. The number of ether oxygens (including phenoxy) is 2. The molecule has 1 aromatic carbocycles. The summed E-state index contributed by atoms with van der Waals surface area (Å²) in [5.41, 5.74) is 0.896. The number of hydrogen-bond donors (Lipinski definition) is 3. The Balaban J connectivity index is 1.95. The van der Waals surface area contributed by atoms with Crippen molar-refractivity contribution in [1.82, 2.24) is 10.6 Å². The van der Waals surface area contributed by atoms with Crippen molar-refractivity contribution in [3.63, 3.8) is 0 Å². The summed E-state index contributed by atoms with van der Waals surface area (Å²) < 4.78 is 22.9. The molecule has 0 aromatic heterocycles. The smallest absolute Gasteiger partial charge is 0.407 e. The number of rotatable bonds is 11.